The summed E-state index contributed by atoms with van der Waals surface area (Å²) in [4.78, 5) is 26.5. The number of esters is 2. The minimum atomic E-state index is -0.766. The van der Waals surface area contributed by atoms with Gasteiger partial charge in [0.2, 0.25) is 0 Å². The number of carbonyl (C=O) groups is 2. The van der Waals surface area contributed by atoms with Gasteiger partial charge in [0.25, 0.3) is 0 Å². The van der Waals surface area contributed by atoms with Crippen molar-refractivity contribution in [2.75, 3.05) is 0 Å². The van der Waals surface area contributed by atoms with Gasteiger partial charge in [-0.15, -0.1) is 10.2 Å². The highest BCUT2D eigenvalue weighted by molar-refractivity contribution is 5.78. The van der Waals surface area contributed by atoms with E-state index in [1.165, 1.54) is 0 Å². The Morgan fingerprint density at radius 2 is 0.969 bits per heavy atom. The number of aryl methyl sites for hydroxylation is 6. The maximum atomic E-state index is 13.2. The van der Waals surface area contributed by atoms with Crippen LogP contribution in [0.15, 0.2) is 109 Å². The van der Waals surface area contributed by atoms with E-state index in [9.17, 15) is 19.8 Å². The third-order valence-corrected chi connectivity index (χ3v) is 12.3. The van der Waals surface area contributed by atoms with Gasteiger partial charge in [-0.3, -0.25) is 19.0 Å². The minimum absolute atomic E-state index is 0.0316. The van der Waals surface area contributed by atoms with E-state index >= 15 is 0 Å². The Labute approximate surface area is 378 Å². The number of nitrogens with zero attached hydrogens (tertiary/aromatic N) is 6. The second-order valence-electron chi connectivity index (χ2n) is 17.6. The molecular weight excluding hydrogens is 805 g/mol. The van der Waals surface area contributed by atoms with Crippen molar-refractivity contribution >= 4 is 11.9 Å². The zero-order chi connectivity index (χ0) is 46.3. The molecule has 2 heterocycles. The molecule has 0 fully saturated rings. The van der Waals surface area contributed by atoms with Crippen molar-refractivity contribution in [3.8, 4) is 0 Å². The van der Waals surface area contributed by atoms with E-state index in [0.717, 1.165) is 69.0 Å². The monoisotopic (exact) mass is 871 g/mol. The number of rotatable bonds is 20. The molecule has 12 nitrogen and oxygen atoms in total. The number of ether oxygens (including phenoxy) is 2. The molecule has 6 rings (SSSR count). The molecular formula is C52H66N6O6. The molecule has 64 heavy (non-hydrogen) atoms. The van der Waals surface area contributed by atoms with Crippen molar-refractivity contribution in [2.45, 2.75) is 132 Å². The van der Waals surface area contributed by atoms with Gasteiger partial charge in [0, 0.05) is 25.5 Å². The second kappa shape index (κ2) is 23.1. The fourth-order valence-electron chi connectivity index (χ4n) is 7.95. The number of aliphatic hydroxyl groups excluding tert-OH is 2. The second-order valence-corrected chi connectivity index (χ2v) is 17.6. The van der Waals surface area contributed by atoms with Crippen LogP contribution in [0.2, 0.25) is 0 Å². The van der Waals surface area contributed by atoms with Crippen molar-refractivity contribution in [1.82, 2.24) is 30.0 Å². The van der Waals surface area contributed by atoms with Gasteiger partial charge in [-0.05, 0) is 137 Å². The normalized spacial score (nSPS) is 12.5. The van der Waals surface area contributed by atoms with Gasteiger partial charge >= 0.3 is 11.9 Å². The van der Waals surface area contributed by atoms with E-state index in [-0.39, 0.29) is 50.2 Å². The Bertz CT molecular complexity index is 2220. The van der Waals surface area contributed by atoms with Gasteiger partial charge in [-0.1, -0.05) is 107 Å². The van der Waals surface area contributed by atoms with E-state index in [0.29, 0.717) is 25.7 Å². The predicted molar refractivity (Wildman–Crippen MR) is 248 cm³/mol. The van der Waals surface area contributed by atoms with Crippen molar-refractivity contribution < 1.29 is 29.3 Å². The lowest BCUT2D eigenvalue weighted by Crippen LogP contribution is -2.34. The van der Waals surface area contributed by atoms with Crippen LogP contribution in [0, 0.1) is 24.7 Å². The lowest BCUT2D eigenvalue weighted by Gasteiger charge is -2.33. The maximum Gasteiger partial charge on any atom is 0.312 e. The molecule has 2 atom stereocenters. The number of benzene rings is 4. The van der Waals surface area contributed by atoms with Crippen LogP contribution in [-0.4, -0.2) is 52.1 Å². The lowest BCUT2D eigenvalue weighted by molar-refractivity contribution is -0.157. The van der Waals surface area contributed by atoms with Crippen LogP contribution in [-0.2, 0) is 71.4 Å². The number of aliphatic hydroxyl groups is 2. The molecule has 0 saturated carbocycles. The SMILES string of the molecule is CCn1cc(CCC(c2ccc(C)c(CO)c2)C(C)(C)C(=O)OCc2ccccc2)nn1.CCn1cc(CCC(c2ccc(C)c(CO)c2)C(C)(C)C(=O)OCc2ccccc2)nn1. The summed E-state index contributed by atoms with van der Waals surface area (Å²) in [5, 5.41) is 36.3. The molecule has 0 amide bonds. The van der Waals surface area contributed by atoms with Gasteiger partial charge in [-0.25, -0.2) is 0 Å². The summed E-state index contributed by atoms with van der Waals surface area (Å²) in [5.41, 5.74) is 8.04. The predicted octanol–water partition coefficient (Wildman–Crippen LogP) is 9.17. The van der Waals surface area contributed by atoms with E-state index in [1.54, 1.807) is 9.36 Å². The summed E-state index contributed by atoms with van der Waals surface area (Å²) in [6.45, 7) is 17.7. The van der Waals surface area contributed by atoms with Crippen LogP contribution < -0.4 is 0 Å². The molecule has 0 aliphatic rings. The fraction of sp³-hybridized carbons (Fsp3) is 0.423. The summed E-state index contributed by atoms with van der Waals surface area (Å²) < 4.78 is 15.1. The van der Waals surface area contributed by atoms with Crippen LogP contribution in [0.4, 0.5) is 0 Å². The summed E-state index contributed by atoms with van der Waals surface area (Å²) in [7, 11) is 0. The zero-order valence-electron chi connectivity index (χ0n) is 38.8. The van der Waals surface area contributed by atoms with Crippen molar-refractivity contribution in [2.24, 2.45) is 10.8 Å². The summed E-state index contributed by atoms with van der Waals surface area (Å²) in [6.07, 6.45) is 6.72. The number of hydrogen-bond acceptors (Lipinski definition) is 10. The molecule has 340 valence electrons. The molecule has 0 aliphatic heterocycles. The van der Waals surface area contributed by atoms with E-state index in [4.69, 9.17) is 9.47 Å². The lowest BCUT2D eigenvalue weighted by atomic mass is 9.72. The quantitative estimate of drug-likeness (QED) is 0.0710. The smallest absolute Gasteiger partial charge is 0.312 e. The minimum Gasteiger partial charge on any atom is -0.460 e. The van der Waals surface area contributed by atoms with Crippen LogP contribution in [0.3, 0.4) is 0 Å². The topological polar surface area (TPSA) is 154 Å². The standard InChI is InChI=1S/2C26H33N3O3/c2*1-5-29-16-23(27-28-29)13-14-24(21-12-11-19(2)22(15-21)17-30)26(3,4)25(31)32-18-20-9-7-6-8-10-20/h2*6-12,15-16,24,30H,5,13-14,17-18H2,1-4H3. The first-order valence-electron chi connectivity index (χ1n) is 22.3. The number of aromatic nitrogens is 6. The van der Waals surface area contributed by atoms with Crippen LogP contribution in [0.1, 0.15) is 122 Å². The molecule has 12 heteroatoms. The summed E-state index contributed by atoms with van der Waals surface area (Å²) in [5.74, 6) is -0.698. The highest BCUT2D eigenvalue weighted by Gasteiger charge is 2.40. The van der Waals surface area contributed by atoms with E-state index < -0.39 is 10.8 Å². The van der Waals surface area contributed by atoms with Crippen LogP contribution in [0.25, 0.3) is 0 Å². The fourth-order valence-corrected chi connectivity index (χ4v) is 7.95. The first-order valence-corrected chi connectivity index (χ1v) is 22.3. The van der Waals surface area contributed by atoms with Gasteiger partial charge in [0.15, 0.2) is 0 Å². The first-order chi connectivity index (χ1) is 30.7. The molecule has 0 radical (unpaired) electrons. The molecule has 0 saturated heterocycles. The molecule has 0 aliphatic carbocycles. The van der Waals surface area contributed by atoms with Crippen LogP contribution >= 0.6 is 0 Å². The number of carbonyl (C=O) groups excluding carboxylic acids is 2. The van der Waals surface area contributed by atoms with E-state index in [2.05, 4.69) is 20.6 Å². The third-order valence-electron chi connectivity index (χ3n) is 12.3. The summed E-state index contributed by atoms with van der Waals surface area (Å²) in [6, 6.07) is 31.5. The molecule has 0 bridgehead atoms. The van der Waals surface area contributed by atoms with Crippen LogP contribution in [0.5, 0.6) is 0 Å². The Hall–Kier alpha value is -5.98. The van der Waals surface area contributed by atoms with Crippen molar-refractivity contribution in [1.29, 1.82) is 0 Å². The highest BCUT2D eigenvalue weighted by Crippen LogP contribution is 2.42. The molecule has 2 unspecified atom stereocenters. The Balaban J connectivity index is 0.000000241. The van der Waals surface area contributed by atoms with Crippen molar-refractivity contribution in [3.63, 3.8) is 0 Å². The molecule has 4 aromatic carbocycles. The van der Waals surface area contributed by atoms with Crippen molar-refractivity contribution in [3.05, 3.63) is 165 Å². The third kappa shape index (κ3) is 13.0. The largest absolute Gasteiger partial charge is 0.460 e. The highest BCUT2D eigenvalue weighted by atomic mass is 16.5. The van der Waals surface area contributed by atoms with Gasteiger partial charge in [0.05, 0.1) is 35.4 Å². The molecule has 2 N–H and O–H groups in total. The zero-order valence-corrected chi connectivity index (χ0v) is 38.8. The molecule has 6 aromatic rings. The van der Waals surface area contributed by atoms with Gasteiger partial charge < -0.3 is 19.7 Å². The Kier molecular flexibility index (Phi) is 17.7. The van der Waals surface area contributed by atoms with Gasteiger partial charge in [0.1, 0.15) is 13.2 Å². The Morgan fingerprint density at radius 1 is 0.594 bits per heavy atom. The summed E-state index contributed by atoms with van der Waals surface area (Å²) >= 11 is 0. The molecule has 2 aromatic heterocycles. The first kappa shape index (κ1) is 49.0. The maximum absolute atomic E-state index is 13.2. The number of hydrogen-bond donors (Lipinski definition) is 2. The average Bonchev–Trinajstić information content (AvgIpc) is 3.99. The van der Waals surface area contributed by atoms with E-state index in [1.807, 2.05) is 165 Å². The van der Waals surface area contributed by atoms with Gasteiger partial charge in [-0.2, -0.15) is 0 Å². The molecule has 0 spiro atoms. The average molecular weight is 871 g/mol. The Morgan fingerprint density at radius 3 is 1.30 bits per heavy atom.